The molecule has 3 rings (SSSR count). The summed E-state index contributed by atoms with van der Waals surface area (Å²) in [6.07, 6.45) is -3.55. The van der Waals surface area contributed by atoms with Crippen LogP contribution in [0.25, 0.3) is 17.3 Å². The van der Waals surface area contributed by atoms with E-state index >= 15 is 0 Å². The molecule has 0 bridgehead atoms. The first-order chi connectivity index (χ1) is 11.4. The Bertz CT molecular complexity index is 931. The zero-order chi connectivity index (χ0) is 17.3. The van der Waals surface area contributed by atoms with E-state index in [4.69, 9.17) is 9.15 Å². The van der Waals surface area contributed by atoms with Gasteiger partial charge in [-0.05, 0) is 24.3 Å². The van der Waals surface area contributed by atoms with Gasteiger partial charge < -0.3 is 9.15 Å². The van der Waals surface area contributed by atoms with Gasteiger partial charge in [0.2, 0.25) is 0 Å². The molecule has 0 aliphatic heterocycles. The largest absolute Gasteiger partial charge is 0.496 e. The van der Waals surface area contributed by atoms with E-state index in [0.717, 1.165) is 18.3 Å². The third-order valence-corrected chi connectivity index (χ3v) is 3.18. The maximum atomic E-state index is 13.1. The molecule has 1 aromatic carbocycles. The number of alkyl halides is 3. The first-order valence-electron chi connectivity index (χ1n) is 6.68. The van der Waals surface area contributed by atoms with Gasteiger partial charge in [0.05, 0.1) is 12.7 Å². The van der Waals surface area contributed by atoms with Crippen molar-refractivity contribution in [1.29, 1.82) is 0 Å². The molecule has 0 saturated heterocycles. The highest BCUT2D eigenvalue weighted by Crippen LogP contribution is 2.33. The van der Waals surface area contributed by atoms with Crippen LogP contribution in [0.5, 0.6) is 5.75 Å². The number of hydrogen-bond donors (Lipinski definition) is 0. The molecule has 0 radical (unpaired) electrons. The Hall–Kier alpha value is -3.10. The van der Waals surface area contributed by atoms with Crippen molar-refractivity contribution in [3.05, 3.63) is 58.7 Å². The smallest absolute Gasteiger partial charge is 0.443 e. The van der Waals surface area contributed by atoms with E-state index < -0.39 is 23.3 Å². The molecule has 0 spiro atoms. The third-order valence-electron chi connectivity index (χ3n) is 3.18. The molecule has 0 unspecified atom stereocenters. The molecule has 9 heteroatoms. The number of methoxy groups -OCH3 is 1. The minimum atomic E-state index is -4.69. The lowest BCUT2D eigenvalue weighted by molar-refractivity contribution is -0.137. The van der Waals surface area contributed by atoms with Crippen LogP contribution in [-0.2, 0) is 6.18 Å². The van der Waals surface area contributed by atoms with Crippen LogP contribution in [0.3, 0.4) is 0 Å². The van der Waals surface area contributed by atoms with Gasteiger partial charge >= 0.3 is 11.9 Å². The molecule has 124 valence electrons. The summed E-state index contributed by atoms with van der Waals surface area (Å²) >= 11 is 0. The average molecular weight is 337 g/mol. The molecule has 0 atom stereocenters. The average Bonchev–Trinajstić information content (AvgIpc) is 2.95. The summed E-state index contributed by atoms with van der Waals surface area (Å²) in [5.41, 5.74) is -0.757. The molecule has 2 heterocycles. The maximum absolute atomic E-state index is 13.1. The predicted octanol–water partition coefficient (Wildman–Crippen LogP) is 2.91. The quantitative estimate of drug-likeness (QED) is 0.735. The third kappa shape index (κ3) is 2.75. The number of rotatable bonds is 3. The Kier molecular flexibility index (Phi) is 3.84. The van der Waals surface area contributed by atoms with Crippen LogP contribution in [0, 0.1) is 0 Å². The van der Waals surface area contributed by atoms with E-state index in [1.54, 1.807) is 24.3 Å². The highest BCUT2D eigenvalue weighted by atomic mass is 19.4. The lowest BCUT2D eigenvalue weighted by Gasteiger charge is -2.09. The summed E-state index contributed by atoms with van der Waals surface area (Å²) < 4.78 is 49.8. The lowest BCUT2D eigenvalue weighted by Crippen LogP contribution is -2.20. The van der Waals surface area contributed by atoms with E-state index in [2.05, 4.69) is 10.1 Å². The summed E-state index contributed by atoms with van der Waals surface area (Å²) in [5, 5.41) is 3.83. The van der Waals surface area contributed by atoms with Gasteiger partial charge in [-0.1, -0.05) is 12.1 Å². The standard InChI is InChI=1S/C15H10F3N3O3/c1-23-11-7-3-2-5-9(11)13-20-21(14(22)24-13)12-10(15(16,17)18)6-4-8-19-12/h2-8H,1H3. The highest BCUT2D eigenvalue weighted by molar-refractivity contribution is 5.62. The minimum Gasteiger partial charge on any atom is -0.496 e. The van der Waals surface area contributed by atoms with Gasteiger partial charge in [0.1, 0.15) is 11.3 Å². The molecule has 0 fully saturated rings. The molecule has 6 nitrogen and oxygen atoms in total. The number of benzene rings is 1. The Labute approximate surface area is 133 Å². The molecule has 0 aliphatic carbocycles. The van der Waals surface area contributed by atoms with Crippen molar-refractivity contribution in [2.45, 2.75) is 6.18 Å². The number of ether oxygens (including phenoxy) is 1. The van der Waals surface area contributed by atoms with E-state index in [1.807, 2.05) is 0 Å². The van der Waals surface area contributed by atoms with Gasteiger partial charge in [-0.25, -0.2) is 9.78 Å². The Balaban J connectivity index is 2.17. The molecule has 24 heavy (non-hydrogen) atoms. The van der Waals surface area contributed by atoms with Crippen LogP contribution >= 0.6 is 0 Å². The van der Waals surface area contributed by atoms with Gasteiger partial charge in [0.25, 0.3) is 5.89 Å². The van der Waals surface area contributed by atoms with Gasteiger partial charge in [-0.3, -0.25) is 0 Å². The van der Waals surface area contributed by atoms with Crippen molar-refractivity contribution in [3.8, 4) is 23.0 Å². The SMILES string of the molecule is COc1ccccc1-c1nn(-c2ncccc2C(F)(F)F)c(=O)o1. The van der Waals surface area contributed by atoms with Crippen molar-refractivity contribution in [2.75, 3.05) is 7.11 Å². The maximum Gasteiger partial charge on any atom is 0.443 e. The monoisotopic (exact) mass is 337 g/mol. The summed E-state index contributed by atoms with van der Waals surface area (Å²) in [7, 11) is 1.41. The number of hydrogen-bond acceptors (Lipinski definition) is 5. The number of halogens is 3. The van der Waals surface area contributed by atoms with E-state index in [9.17, 15) is 18.0 Å². The fourth-order valence-corrected chi connectivity index (χ4v) is 2.13. The van der Waals surface area contributed by atoms with Crippen molar-refractivity contribution in [3.63, 3.8) is 0 Å². The molecule has 0 aliphatic rings. The van der Waals surface area contributed by atoms with Crippen LogP contribution in [-0.4, -0.2) is 21.9 Å². The molecule has 0 N–H and O–H groups in total. The second-order valence-electron chi connectivity index (χ2n) is 4.66. The number of pyridine rings is 1. The molecular formula is C15H10F3N3O3. The summed E-state index contributed by atoms with van der Waals surface area (Å²) in [6, 6.07) is 8.45. The summed E-state index contributed by atoms with van der Waals surface area (Å²) in [6.45, 7) is 0. The first kappa shape index (κ1) is 15.8. The van der Waals surface area contributed by atoms with Gasteiger partial charge in [-0.2, -0.15) is 13.2 Å². The Morgan fingerprint density at radius 2 is 1.92 bits per heavy atom. The van der Waals surface area contributed by atoms with Gasteiger partial charge in [0.15, 0.2) is 5.82 Å². The molecular weight excluding hydrogens is 327 g/mol. The van der Waals surface area contributed by atoms with E-state index in [1.165, 1.54) is 7.11 Å². The molecule has 3 aromatic rings. The first-order valence-corrected chi connectivity index (χ1v) is 6.68. The van der Waals surface area contributed by atoms with Crippen molar-refractivity contribution < 1.29 is 22.3 Å². The van der Waals surface area contributed by atoms with Gasteiger partial charge in [-0.15, -0.1) is 9.78 Å². The van der Waals surface area contributed by atoms with Crippen molar-refractivity contribution >= 4 is 0 Å². The fourth-order valence-electron chi connectivity index (χ4n) is 2.13. The minimum absolute atomic E-state index is 0.170. The lowest BCUT2D eigenvalue weighted by atomic mass is 10.2. The number of nitrogens with zero attached hydrogens (tertiary/aromatic N) is 3. The highest BCUT2D eigenvalue weighted by Gasteiger charge is 2.35. The fraction of sp³-hybridized carbons (Fsp3) is 0.133. The number of aromatic nitrogens is 3. The molecule has 0 saturated carbocycles. The topological polar surface area (TPSA) is 70.2 Å². The van der Waals surface area contributed by atoms with E-state index in [0.29, 0.717) is 16.0 Å². The van der Waals surface area contributed by atoms with E-state index in [-0.39, 0.29) is 5.89 Å². The Morgan fingerprint density at radius 3 is 2.62 bits per heavy atom. The van der Waals surface area contributed by atoms with Crippen LogP contribution in [0.15, 0.2) is 51.8 Å². The zero-order valence-corrected chi connectivity index (χ0v) is 12.2. The van der Waals surface area contributed by atoms with Crippen LogP contribution in [0.2, 0.25) is 0 Å². The van der Waals surface area contributed by atoms with Crippen LogP contribution in [0.4, 0.5) is 13.2 Å². The summed E-state index contributed by atoms with van der Waals surface area (Å²) in [5.74, 6) is -1.54. The number of para-hydroxylation sites is 1. The van der Waals surface area contributed by atoms with Gasteiger partial charge in [0, 0.05) is 6.20 Å². The van der Waals surface area contributed by atoms with Crippen molar-refractivity contribution in [2.24, 2.45) is 0 Å². The molecule has 0 amide bonds. The van der Waals surface area contributed by atoms with Crippen molar-refractivity contribution in [1.82, 2.24) is 14.8 Å². The zero-order valence-electron chi connectivity index (χ0n) is 12.2. The second-order valence-corrected chi connectivity index (χ2v) is 4.66. The van der Waals surface area contributed by atoms with Crippen LogP contribution in [0.1, 0.15) is 5.56 Å². The molecule has 2 aromatic heterocycles. The summed E-state index contributed by atoms with van der Waals surface area (Å²) in [4.78, 5) is 15.6. The predicted molar refractivity (Wildman–Crippen MR) is 76.9 cm³/mol. The normalized spacial score (nSPS) is 11.5. The van der Waals surface area contributed by atoms with Crippen LogP contribution < -0.4 is 10.5 Å². The second kappa shape index (κ2) is 5.84. The Morgan fingerprint density at radius 1 is 1.17 bits per heavy atom.